The Hall–Kier alpha value is -1.26. The van der Waals surface area contributed by atoms with Gasteiger partial charge in [0.05, 0.1) is 25.4 Å². The van der Waals surface area contributed by atoms with E-state index in [0.29, 0.717) is 0 Å². The lowest BCUT2D eigenvalue weighted by Crippen LogP contribution is -2.31. The molecule has 0 fully saturated rings. The van der Waals surface area contributed by atoms with Gasteiger partial charge in [0.1, 0.15) is 11.5 Å². The van der Waals surface area contributed by atoms with E-state index in [2.05, 4.69) is 19.2 Å². The predicted octanol–water partition coefficient (Wildman–Crippen LogP) is 2.78. The maximum absolute atomic E-state index is 5.52. The van der Waals surface area contributed by atoms with Crippen molar-refractivity contribution < 1.29 is 14.2 Å². The highest BCUT2D eigenvalue weighted by molar-refractivity contribution is 5.47. The molecule has 0 aliphatic heterocycles. The van der Waals surface area contributed by atoms with Gasteiger partial charge in [-0.3, -0.25) is 0 Å². The van der Waals surface area contributed by atoms with Crippen LogP contribution >= 0.6 is 0 Å². The van der Waals surface area contributed by atoms with Gasteiger partial charge in [0.2, 0.25) is 0 Å². The van der Waals surface area contributed by atoms with Crippen molar-refractivity contribution in [1.82, 2.24) is 5.32 Å². The summed E-state index contributed by atoms with van der Waals surface area (Å²) in [6.07, 6.45) is 0.816. The van der Waals surface area contributed by atoms with E-state index in [9.17, 15) is 0 Å². The fourth-order valence-corrected chi connectivity index (χ4v) is 2.15. The van der Waals surface area contributed by atoms with Gasteiger partial charge in [-0.2, -0.15) is 0 Å². The van der Waals surface area contributed by atoms with E-state index >= 15 is 0 Å². The second-order valence-corrected chi connectivity index (χ2v) is 5.09. The lowest BCUT2D eigenvalue weighted by molar-refractivity contribution is 0.00712. The molecule has 19 heavy (non-hydrogen) atoms. The van der Waals surface area contributed by atoms with Gasteiger partial charge >= 0.3 is 0 Å². The molecule has 0 saturated carbocycles. The molecule has 1 unspecified atom stereocenters. The first kappa shape index (κ1) is 15.8. The normalized spacial score (nSPS) is 13.2. The highest BCUT2D eigenvalue weighted by Gasteiger charge is 2.27. The van der Waals surface area contributed by atoms with E-state index in [0.717, 1.165) is 23.5 Å². The number of hydrogen-bond donors (Lipinski definition) is 1. The van der Waals surface area contributed by atoms with Crippen LogP contribution in [-0.4, -0.2) is 34.0 Å². The summed E-state index contributed by atoms with van der Waals surface area (Å²) < 4.78 is 16.4. The molecule has 0 heterocycles. The first-order valence-electron chi connectivity index (χ1n) is 6.42. The summed E-state index contributed by atoms with van der Waals surface area (Å²) in [5.41, 5.74) is 0.805. The molecule has 0 aliphatic rings. The fraction of sp³-hybridized carbons (Fsp3) is 0.600. The van der Waals surface area contributed by atoms with Gasteiger partial charge < -0.3 is 19.5 Å². The third-order valence-electron chi connectivity index (χ3n) is 3.41. The first-order chi connectivity index (χ1) is 8.99. The number of benzene rings is 1. The molecule has 1 N–H and O–H groups in total. The van der Waals surface area contributed by atoms with Crippen LogP contribution in [0.15, 0.2) is 18.2 Å². The molecule has 0 amide bonds. The Bertz CT molecular complexity index is 382. The summed E-state index contributed by atoms with van der Waals surface area (Å²) in [4.78, 5) is 0. The molecule has 4 nitrogen and oxygen atoms in total. The van der Waals surface area contributed by atoms with Crippen molar-refractivity contribution in [2.24, 2.45) is 0 Å². The quantitative estimate of drug-likeness (QED) is 0.824. The van der Waals surface area contributed by atoms with Crippen molar-refractivity contribution >= 4 is 0 Å². The zero-order chi connectivity index (χ0) is 14.5. The van der Waals surface area contributed by atoms with Gasteiger partial charge in [0.15, 0.2) is 0 Å². The summed E-state index contributed by atoms with van der Waals surface area (Å²) in [6.45, 7) is 4.14. The molecule has 0 radical (unpaired) electrons. The van der Waals surface area contributed by atoms with Crippen LogP contribution in [0.2, 0.25) is 0 Å². The van der Waals surface area contributed by atoms with E-state index in [-0.39, 0.29) is 11.6 Å². The van der Waals surface area contributed by atoms with E-state index in [1.54, 1.807) is 21.3 Å². The molecule has 0 bridgehead atoms. The molecule has 0 aliphatic carbocycles. The van der Waals surface area contributed by atoms with Gasteiger partial charge in [0.25, 0.3) is 0 Å². The van der Waals surface area contributed by atoms with Crippen molar-refractivity contribution in [1.29, 1.82) is 0 Å². The van der Waals surface area contributed by atoms with Crippen molar-refractivity contribution in [2.75, 3.05) is 28.4 Å². The van der Waals surface area contributed by atoms with Gasteiger partial charge in [-0.05, 0) is 39.4 Å². The standard InChI is InChI=1S/C15H25NO3/c1-15(2,19-6)10-11(16-3)14-12(17-4)8-7-9-13(14)18-5/h7-9,11,16H,10H2,1-6H3. The Balaban J connectivity index is 3.16. The molecular weight excluding hydrogens is 242 g/mol. The maximum Gasteiger partial charge on any atom is 0.127 e. The third-order valence-corrected chi connectivity index (χ3v) is 3.41. The number of methoxy groups -OCH3 is 3. The van der Waals surface area contributed by atoms with Crippen molar-refractivity contribution in [2.45, 2.75) is 31.9 Å². The summed E-state index contributed by atoms with van der Waals surface area (Å²) in [5, 5.41) is 3.32. The van der Waals surface area contributed by atoms with Gasteiger partial charge in [0, 0.05) is 13.2 Å². The van der Waals surface area contributed by atoms with E-state index < -0.39 is 0 Å². The third kappa shape index (κ3) is 3.85. The topological polar surface area (TPSA) is 39.7 Å². The van der Waals surface area contributed by atoms with Crippen LogP contribution in [-0.2, 0) is 4.74 Å². The van der Waals surface area contributed by atoms with Crippen molar-refractivity contribution in [3.05, 3.63) is 23.8 Å². The molecule has 1 aromatic carbocycles. The minimum atomic E-state index is -0.223. The second kappa shape index (κ2) is 6.78. The van der Waals surface area contributed by atoms with Crippen molar-refractivity contribution in [3.8, 4) is 11.5 Å². The molecule has 0 spiro atoms. The van der Waals surface area contributed by atoms with Crippen molar-refractivity contribution in [3.63, 3.8) is 0 Å². The predicted molar refractivity (Wildman–Crippen MR) is 77.1 cm³/mol. The average molecular weight is 267 g/mol. The summed E-state index contributed by atoms with van der Waals surface area (Å²) in [6, 6.07) is 5.92. The Labute approximate surface area is 116 Å². The Kier molecular flexibility index (Phi) is 5.63. The highest BCUT2D eigenvalue weighted by atomic mass is 16.5. The molecule has 1 rings (SSSR count). The molecular formula is C15H25NO3. The minimum absolute atomic E-state index is 0.0982. The van der Waals surface area contributed by atoms with E-state index in [4.69, 9.17) is 14.2 Å². The monoisotopic (exact) mass is 267 g/mol. The fourth-order valence-electron chi connectivity index (χ4n) is 2.15. The molecule has 4 heteroatoms. The number of ether oxygens (including phenoxy) is 3. The summed E-state index contributed by atoms with van der Waals surface area (Å²) in [7, 11) is 7.01. The number of nitrogens with one attached hydrogen (secondary N) is 1. The SMILES string of the molecule is CNC(CC(C)(C)OC)c1c(OC)cccc1OC. The molecule has 0 aromatic heterocycles. The Morgan fingerprint density at radius 1 is 1.11 bits per heavy atom. The maximum atomic E-state index is 5.52. The molecule has 108 valence electrons. The lowest BCUT2D eigenvalue weighted by Gasteiger charge is -2.30. The Morgan fingerprint density at radius 3 is 2.00 bits per heavy atom. The van der Waals surface area contributed by atoms with Crippen LogP contribution < -0.4 is 14.8 Å². The van der Waals surface area contributed by atoms with Crippen LogP contribution in [0.4, 0.5) is 0 Å². The first-order valence-corrected chi connectivity index (χ1v) is 6.42. The largest absolute Gasteiger partial charge is 0.496 e. The summed E-state index contributed by atoms with van der Waals surface area (Å²) >= 11 is 0. The van der Waals surface area contributed by atoms with Crippen LogP contribution in [0.25, 0.3) is 0 Å². The number of hydrogen-bond acceptors (Lipinski definition) is 4. The minimum Gasteiger partial charge on any atom is -0.496 e. The highest BCUT2D eigenvalue weighted by Crippen LogP contribution is 2.37. The smallest absolute Gasteiger partial charge is 0.127 e. The van der Waals surface area contributed by atoms with Crippen LogP contribution in [0.1, 0.15) is 31.9 Å². The summed E-state index contributed by atoms with van der Waals surface area (Å²) in [5.74, 6) is 1.65. The average Bonchev–Trinajstić information content (AvgIpc) is 2.43. The van der Waals surface area contributed by atoms with Gasteiger partial charge in [-0.1, -0.05) is 6.07 Å². The zero-order valence-electron chi connectivity index (χ0n) is 12.7. The number of rotatable bonds is 7. The van der Waals surface area contributed by atoms with Gasteiger partial charge in [-0.15, -0.1) is 0 Å². The van der Waals surface area contributed by atoms with E-state index in [1.807, 2.05) is 25.2 Å². The van der Waals surface area contributed by atoms with Crippen LogP contribution in [0, 0.1) is 0 Å². The second-order valence-electron chi connectivity index (χ2n) is 5.09. The lowest BCUT2D eigenvalue weighted by atomic mass is 9.92. The molecule has 0 saturated heterocycles. The molecule has 1 aromatic rings. The van der Waals surface area contributed by atoms with Gasteiger partial charge in [-0.25, -0.2) is 0 Å². The van der Waals surface area contributed by atoms with Crippen LogP contribution in [0.5, 0.6) is 11.5 Å². The molecule has 1 atom stereocenters. The Morgan fingerprint density at radius 2 is 1.63 bits per heavy atom. The zero-order valence-corrected chi connectivity index (χ0v) is 12.7. The van der Waals surface area contributed by atoms with E-state index in [1.165, 1.54) is 0 Å². The van der Waals surface area contributed by atoms with Crippen LogP contribution in [0.3, 0.4) is 0 Å².